The fourth-order valence-corrected chi connectivity index (χ4v) is 2.10. The van der Waals surface area contributed by atoms with Gasteiger partial charge in [-0.05, 0) is 12.1 Å². The lowest BCUT2D eigenvalue weighted by Gasteiger charge is -2.06. The number of nitrogens with zero attached hydrogens (tertiary/aromatic N) is 1. The summed E-state index contributed by atoms with van der Waals surface area (Å²) >= 11 is 6.18. The van der Waals surface area contributed by atoms with Gasteiger partial charge in [0.1, 0.15) is 24.3 Å². The topological polar surface area (TPSA) is 77.1 Å². The monoisotopic (exact) mass is 277 g/mol. The molecule has 0 radical (unpaired) electrons. The van der Waals surface area contributed by atoms with Crippen LogP contribution in [0.2, 0.25) is 5.02 Å². The second-order valence-electron chi connectivity index (χ2n) is 4.15. The van der Waals surface area contributed by atoms with Gasteiger partial charge in [0.15, 0.2) is 0 Å². The Morgan fingerprint density at radius 3 is 3.00 bits per heavy atom. The normalized spacial score (nSPS) is 11.1. The smallest absolute Gasteiger partial charge is 0.140 e. The second kappa shape index (κ2) is 4.95. The molecule has 5 nitrogen and oxygen atoms in total. The molecule has 2 aromatic heterocycles. The maximum atomic E-state index is 6.18. The fraction of sp³-hybridized carbons (Fsp3) is 0.154. The first-order valence-corrected chi connectivity index (χ1v) is 6.17. The van der Waals surface area contributed by atoms with Crippen LogP contribution in [0.4, 0.5) is 0 Å². The Morgan fingerprint density at radius 1 is 1.37 bits per heavy atom. The standard InChI is InChI=1S/C13H12ClN3O2/c14-11-4-8-3-10(6-15)16-12(8)5-13(11)18-7-9-1-2-19-17-9/h1-5,16H,6-7,15H2. The third-order valence-corrected chi connectivity index (χ3v) is 3.11. The summed E-state index contributed by atoms with van der Waals surface area (Å²) in [4.78, 5) is 3.21. The van der Waals surface area contributed by atoms with Gasteiger partial charge in [0.25, 0.3) is 0 Å². The van der Waals surface area contributed by atoms with Crippen molar-refractivity contribution < 1.29 is 9.26 Å². The van der Waals surface area contributed by atoms with Gasteiger partial charge in [0.05, 0.1) is 5.02 Å². The van der Waals surface area contributed by atoms with Gasteiger partial charge < -0.3 is 20.0 Å². The first kappa shape index (κ1) is 12.1. The maximum absolute atomic E-state index is 6.18. The number of H-pyrrole nitrogens is 1. The van der Waals surface area contributed by atoms with Crippen molar-refractivity contribution in [3.05, 3.63) is 46.9 Å². The summed E-state index contributed by atoms with van der Waals surface area (Å²) in [6, 6.07) is 7.43. The molecule has 3 N–H and O–H groups in total. The number of ether oxygens (including phenoxy) is 1. The van der Waals surface area contributed by atoms with Crippen LogP contribution in [-0.4, -0.2) is 10.1 Å². The molecule has 98 valence electrons. The highest BCUT2D eigenvalue weighted by atomic mass is 35.5. The Hall–Kier alpha value is -1.98. The van der Waals surface area contributed by atoms with Gasteiger partial charge in [-0.2, -0.15) is 0 Å². The van der Waals surface area contributed by atoms with Crippen LogP contribution < -0.4 is 10.5 Å². The van der Waals surface area contributed by atoms with Crippen LogP contribution in [0.25, 0.3) is 10.9 Å². The summed E-state index contributed by atoms with van der Waals surface area (Å²) in [6.45, 7) is 0.771. The highest BCUT2D eigenvalue weighted by Gasteiger charge is 2.08. The number of hydrogen-bond acceptors (Lipinski definition) is 4. The molecule has 3 aromatic rings. The number of halogens is 1. The zero-order valence-corrected chi connectivity index (χ0v) is 10.8. The van der Waals surface area contributed by atoms with Crippen molar-refractivity contribution in [1.82, 2.24) is 10.1 Å². The molecule has 0 bridgehead atoms. The molecule has 0 aliphatic heterocycles. The van der Waals surface area contributed by atoms with E-state index in [4.69, 9.17) is 26.6 Å². The maximum Gasteiger partial charge on any atom is 0.140 e. The molecule has 0 aliphatic carbocycles. The Bertz CT molecular complexity index is 691. The van der Waals surface area contributed by atoms with E-state index >= 15 is 0 Å². The number of fused-ring (bicyclic) bond motifs is 1. The van der Waals surface area contributed by atoms with E-state index in [1.807, 2.05) is 18.2 Å². The number of aromatic amines is 1. The SMILES string of the molecule is NCc1cc2cc(Cl)c(OCc3ccon3)cc2[nH]1. The largest absolute Gasteiger partial charge is 0.486 e. The first-order valence-electron chi connectivity index (χ1n) is 5.79. The van der Waals surface area contributed by atoms with E-state index < -0.39 is 0 Å². The Labute approximate surface area is 114 Å². The summed E-state index contributed by atoms with van der Waals surface area (Å²) in [7, 11) is 0. The summed E-state index contributed by atoms with van der Waals surface area (Å²) in [5.41, 5.74) is 8.21. The highest BCUT2D eigenvalue weighted by molar-refractivity contribution is 6.32. The van der Waals surface area contributed by atoms with Crippen molar-refractivity contribution in [2.45, 2.75) is 13.2 Å². The molecule has 0 fully saturated rings. The van der Waals surface area contributed by atoms with Gasteiger partial charge in [0.2, 0.25) is 0 Å². The van der Waals surface area contributed by atoms with Crippen molar-refractivity contribution in [2.75, 3.05) is 0 Å². The van der Waals surface area contributed by atoms with Gasteiger partial charge in [0, 0.05) is 35.3 Å². The van der Waals surface area contributed by atoms with E-state index in [1.54, 1.807) is 6.07 Å². The molecule has 19 heavy (non-hydrogen) atoms. The van der Waals surface area contributed by atoms with Crippen LogP contribution in [0.3, 0.4) is 0 Å². The molecular formula is C13H12ClN3O2. The molecule has 0 saturated heterocycles. The summed E-state index contributed by atoms with van der Waals surface area (Å²) in [5.74, 6) is 0.600. The molecular weight excluding hydrogens is 266 g/mol. The Morgan fingerprint density at radius 2 is 2.26 bits per heavy atom. The Kier molecular flexibility index (Phi) is 3.15. The van der Waals surface area contributed by atoms with Crippen LogP contribution in [0.15, 0.2) is 35.1 Å². The lowest BCUT2D eigenvalue weighted by molar-refractivity contribution is 0.290. The van der Waals surface area contributed by atoms with Crippen molar-refractivity contribution in [3.63, 3.8) is 0 Å². The molecule has 0 spiro atoms. The lowest BCUT2D eigenvalue weighted by atomic mass is 10.2. The van der Waals surface area contributed by atoms with Gasteiger partial charge in [-0.15, -0.1) is 0 Å². The molecule has 6 heteroatoms. The van der Waals surface area contributed by atoms with Crippen molar-refractivity contribution in [3.8, 4) is 5.75 Å². The van der Waals surface area contributed by atoms with Crippen LogP contribution in [-0.2, 0) is 13.2 Å². The lowest BCUT2D eigenvalue weighted by Crippen LogP contribution is -1.96. The second-order valence-corrected chi connectivity index (χ2v) is 4.56. The van der Waals surface area contributed by atoms with Crippen LogP contribution in [0.5, 0.6) is 5.75 Å². The average Bonchev–Trinajstić information content (AvgIpc) is 3.04. The van der Waals surface area contributed by atoms with E-state index in [0.717, 1.165) is 16.6 Å². The molecule has 0 aliphatic rings. The molecule has 0 saturated carbocycles. The number of rotatable bonds is 4. The summed E-state index contributed by atoms with van der Waals surface area (Å²) < 4.78 is 10.4. The van der Waals surface area contributed by atoms with E-state index in [0.29, 0.717) is 29.6 Å². The van der Waals surface area contributed by atoms with Gasteiger partial charge in [-0.3, -0.25) is 0 Å². The van der Waals surface area contributed by atoms with Gasteiger partial charge in [-0.1, -0.05) is 16.8 Å². The predicted octanol–water partition coefficient (Wildman–Crippen LogP) is 2.85. The van der Waals surface area contributed by atoms with E-state index in [2.05, 4.69) is 10.1 Å². The molecule has 0 unspecified atom stereocenters. The Balaban J connectivity index is 1.88. The minimum Gasteiger partial charge on any atom is -0.486 e. The molecule has 0 atom stereocenters. The predicted molar refractivity (Wildman–Crippen MR) is 72.0 cm³/mol. The third-order valence-electron chi connectivity index (χ3n) is 2.82. The van der Waals surface area contributed by atoms with Crippen LogP contribution in [0, 0.1) is 0 Å². The highest BCUT2D eigenvalue weighted by Crippen LogP contribution is 2.30. The minimum absolute atomic E-state index is 0.312. The number of aromatic nitrogens is 2. The zero-order chi connectivity index (χ0) is 13.2. The fourth-order valence-electron chi connectivity index (χ4n) is 1.88. The number of hydrogen-bond donors (Lipinski definition) is 2. The quantitative estimate of drug-likeness (QED) is 0.769. The zero-order valence-electron chi connectivity index (χ0n) is 10.0. The summed E-state index contributed by atoms with van der Waals surface area (Å²) in [5, 5.41) is 5.34. The van der Waals surface area contributed by atoms with E-state index in [1.165, 1.54) is 6.26 Å². The van der Waals surface area contributed by atoms with Gasteiger partial charge >= 0.3 is 0 Å². The van der Waals surface area contributed by atoms with Crippen LogP contribution in [0.1, 0.15) is 11.4 Å². The van der Waals surface area contributed by atoms with E-state index in [9.17, 15) is 0 Å². The molecule has 3 rings (SSSR count). The third kappa shape index (κ3) is 2.43. The molecule has 2 heterocycles. The minimum atomic E-state index is 0.312. The first-order chi connectivity index (χ1) is 9.26. The number of benzene rings is 1. The number of nitrogens with two attached hydrogens (primary N) is 1. The van der Waals surface area contributed by atoms with Gasteiger partial charge in [-0.25, -0.2) is 0 Å². The van der Waals surface area contributed by atoms with Crippen LogP contribution >= 0.6 is 11.6 Å². The van der Waals surface area contributed by atoms with Crippen molar-refractivity contribution in [1.29, 1.82) is 0 Å². The summed E-state index contributed by atoms with van der Waals surface area (Å²) in [6.07, 6.45) is 1.50. The molecule has 0 amide bonds. The van der Waals surface area contributed by atoms with Crippen molar-refractivity contribution >= 4 is 22.5 Å². The van der Waals surface area contributed by atoms with E-state index in [-0.39, 0.29) is 0 Å². The number of nitrogens with one attached hydrogen (secondary N) is 1. The van der Waals surface area contributed by atoms with Crippen molar-refractivity contribution in [2.24, 2.45) is 5.73 Å². The average molecular weight is 278 g/mol. The molecule has 1 aromatic carbocycles.